The van der Waals surface area contributed by atoms with E-state index in [0.717, 1.165) is 16.3 Å². The Morgan fingerprint density at radius 1 is 1.27 bits per heavy atom. The van der Waals surface area contributed by atoms with Crippen LogP contribution >= 0.6 is 11.8 Å². The molecule has 0 spiro atoms. The summed E-state index contributed by atoms with van der Waals surface area (Å²) in [4.78, 5) is 27.1. The lowest BCUT2D eigenvalue weighted by molar-refractivity contribution is -0.135. The SMILES string of the molecule is CCOc1ccc(C2=C(N3CCOCC3)S/C(=C\C(=O)OC)C2=O)cc1. The number of carbonyl (C=O) groups excluding carboxylic acids is 2. The van der Waals surface area contributed by atoms with Crippen LogP contribution in [0.1, 0.15) is 12.5 Å². The number of rotatable bonds is 5. The molecule has 138 valence electrons. The van der Waals surface area contributed by atoms with Gasteiger partial charge in [0.1, 0.15) is 5.75 Å². The van der Waals surface area contributed by atoms with Crippen molar-refractivity contribution in [3.8, 4) is 5.75 Å². The molecule has 1 aromatic rings. The van der Waals surface area contributed by atoms with Gasteiger partial charge in [0.15, 0.2) is 0 Å². The molecule has 26 heavy (non-hydrogen) atoms. The van der Waals surface area contributed by atoms with Crippen LogP contribution in [0.5, 0.6) is 5.75 Å². The summed E-state index contributed by atoms with van der Waals surface area (Å²) in [5.41, 5.74) is 1.41. The summed E-state index contributed by atoms with van der Waals surface area (Å²) < 4.78 is 15.6. The molecule has 0 radical (unpaired) electrons. The van der Waals surface area contributed by atoms with Gasteiger partial charge in [0.2, 0.25) is 5.78 Å². The molecule has 0 aliphatic carbocycles. The lowest BCUT2D eigenvalue weighted by atomic mass is 10.0. The number of nitrogens with zero attached hydrogens (tertiary/aromatic N) is 1. The van der Waals surface area contributed by atoms with Gasteiger partial charge in [-0.1, -0.05) is 23.9 Å². The number of hydrogen-bond acceptors (Lipinski definition) is 7. The molecule has 0 N–H and O–H groups in total. The van der Waals surface area contributed by atoms with Crippen LogP contribution in [-0.4, -0.2) is 56.7 Å². The average molecular weight is 375 g/mol. The molecule has 3 rings (SSSR count). The second kappa shape index (κ2) is 8.42. The smallest absolute Gasteiger partial charge is 0.331 e. The Balaban J connectivity index is 1.97. The first kappa shape index (κ1) is 18.5. The van der Waals surface area contributed by atoms with E-state index in [2.05, 4.69) is 9.64 Å². The molecule has 1 saturated heterocycles. The minimum Gasteiger partial charge on any atom is -0.494 e. The molecule has 1 aromatic carbocycles. The zero-order valence-corrected chi connectivity index (χ0v) is 15.6. The second-order valence-corrected chi connectivity index (χ2v) is 6.73. The number of methoxy groups -OCH3 is 1. The normalized spacial score (nSPS) is 19.2. The minimum atomic E-state index is -0.532. The van der Waals surface area contributed by atoms with Crippen LogP contribution in [0, 0.1) is 0 Å². The van der Waals surface area contributed by atoms with Crippen molar-refractivity contribution < 1.29 is 23.8 Å². The highest BCUT2D eigenvalue weighted by molar-refractivity contribution is 8.08. The number of ketones is 1. The third-order valence-electron chi connectivity index (χ3n) is 4.07. The number of benzene rings is 1. The van der Waals surface area contributed by atoms with E-state index in [9.17, 15) is 9.59 Å². The maximum Gasteiger partial charge on any atom is 0.331 e. The third-order valence-corrected chi connectivity index (χ3v) is 5.25. The van der Waals surface area contributed by atoms with Gasteiger partial charge in [-0.05, 0) is 24.6 Å². The van der Waals surface area contributed by atoms with Crippen LogP contribution in [0.2, 0.25) is 0 Å². The Hall–Kier alpha value is -2.25. The van der Waals surface area contributed by atoms with E-state index >= 15 is 0 Å². The molecule has 0 unspecified atom stereocenters. The van der Waals surface area contributed by atoms with Gasteiger partial charge in [-0.25, -0.2) is 4.79 Å². The first-order chi connectivity index (χ1) is 12.6. The molecule has 2 aliphatic rings. The molecule has 1 fully saturated rings. The lowest BCUT2D eigenvalue weighted by Crippen LogP contribution is -2.34. The Labute approximate surface area is 156 Å². The average Bonchev–Trinajstić information content (AvgIpc) is 2.99. The first-order valence-electron chi connectivity index (χ1n) is 8.46. The molecule has 0 amide bonds. The van der Waals surface area contributed by atoms with Crippen molar-refractivity contribution in [2.75, 3.05) is 40.0 Å². The summed E-state index contributed by atoms with van der Waals surface area (Å²) in [5, 5.41) is 0.859. The Kier molecular flexibility index (Phi) is 6.00. The molecule has 0 bridgehead atoms. The topological polar surface area (TPSA) is 65.1 Å². The number of allylic oxidation sites excluding steroid dienone is 2. The molecule has 6 nitrogen and oxygen atoms in total. The number of hydrogen-bond donors (Lipinski definition) is 0. The number of thioether (sulfide) groups is 1. The fraction of sp³-hybridized carbons (Fsp3) is 0.368. The predicted molar refractivity (Wildman–Crippen MR) is 99.6 cm³/mol. The van der Waals surface area contributed by atoms with Gasteiger partial charge in [0.05, 0.1) is 42.4 Å². The summed E-state index contributed by atoms with van der Waals surface area (Å²) in [5.74, 6) is 0.0642. The Bertz CT molecular complexity index is 748. The van der Waals surface area contributed by atoms with Crippen molar-refractivity contribution >= 4 is 29.1 Å². The minimum absolute atomic E-state index is 0.161. The predicted octanol–water partition coefficient (Wildman–Crippen LogP) is 2.46. The van der Waals surface area contributed by atoms with Gasteiger partial charge >= 0.3 is 5.97 Å². The Morgan fingerprint density at radius 2 is 1.96 bits per heavy atom. The highest BCUT2D eigenvalue weighted by Crippen LogP contribution is 2.45. The van der Waals surface area contributed by atoms with Crippen LogP contribution in [0.25, 0.3) is 5.57 Å². The zero-order chi connectivity index (χ0) is 18.5. The fourth-order valence-corrected chi connectivity index (χ4v) is 3.99. The maximum atomic E-state index is 13.0. The molecule has 7 heteroatoms. The summed E-state index contributed by atoms with van der Waals surface area (Å²) >= 11 is 1.32. The number of Topliss-reactive ketones (excluding diaryl/α,β-unsaturated/α-hetero) is 1. The Morgan fingerprint density at radius 3 is 2.58 bits per heavy atom. The van der Waals surface area contributed by atoms with Gasteiger partial charge in [-0.3, -0.25) is 4.79 Å². The van der Waals surface area contributed by atoms with E-state index in [1.807, 2.05) is 31.2 Å². The van der Waals surface area contributed by atoms with E-state index < -0.39 is 5.97 Å². The summed E-state index contributed by atoms with van der Waals surface area (Å²) in [6, 6.07) is 7.45. The largest absolute Gasteiger partial charge is 0.494 e. The van der Waals surface area contributed by atoms with Crippen molar-refractivity contribution in [2.24, 2.45) is 0 Å². The fourth-order valence-electron chi connectivity index (χ4n) is 2.81. The third kappa shape index (κ3) is 3.94. The van der Waals surface area contributed by atoms with Crippen molar-refractivity contribution in [3.63, 3.8) is 0 Å². The molecule has 2 heterocycles. The molecular formula is C19H21NO5S. The number of carbonyl (C=O) groups is 2. The van der Waals surface area contributed by atoms with Crippen LogP contribution in [0.3, 0.4) is 0 Å². The maximum absolute atomic E-state index is 13.0. The highest BCUT2D eigenvalue weighted by Gasteiger charge is 2.34. The van der Waals surface area contributed by atoms with Gasteiger partial charge < -0.3 is 19.1 Å². The summed E-state index contributed by atoms with van der Waals surface area (Å²) in [6.45, 7) is 5.16. The lowest BCUT2D eigenvalue weighted by Gasteiger charge is -2.29. The standard InChI is InChI=1S/C19H21NO5S/c1-3-25-14-6-4-13(5-7-14)17-18(22)15(12-16(21)23-2)26-19(17)20-8-10-24-11-9-20/h4-7,12H,3,8-11H2,1-2H3/b15-12-. The van der Waals surface area contributed by atoms with Gasteiger partial charge in [0.25, 0.3) is 0 Å². The molecule has 0 atom stereocenters. The monoisotopic (exact) mass is 375 g/mol. The second-order valence-electron chi connectivity index (χ2n) is 5.70. The number of ether oxygens (including phenoxy) is 3. The van der Waals surface area contributed by atoms with E-state index in [0.29, 0.717) is 43.4 Å². The van der Waals surface area contributed by atoms with Crippen molar-refractivity contribution in [2.45, 2.75) is 6.92 Å². The van der Waals surface area contributed by atoms with Gasteiger partial charge in [-0.2, -0.15) is 0 Å². The van der Waals surface area contributed by atoms with E-state index in [1.54, 1.807) is 0 Å². The summed E-state index contributed by atoms with van der Waals surface area (Å²) in [6.07, 6.45) is 1.26. The van der Waals surface area contributed by atoms with Crippen LogP contribution in [0.15, 0.2) is 40.3 Å². The van der Waals surface area contributed by atoms with Crippen molar-refractivity contribution in [1.82, 2.24) is 4.90 Å². The van der Waals surface area contributed by atoms with E-state index in [1.165, 1.54) is 24.9 Å². The molecule has 0 saturated carbocycles. The van der Waals surface area contributed by atoms with Crippen LogP contribution < -0.4 is 4.74 Å². The van der Waals surface area contributed by atoms with E-state index in [4.69, 9.17) is 9.47 Å². The van der Waals surface area contributed by atoms with Crippen molar-refractivity contribution in [1.29, 1.82) is 0 Å². The number of morpholine rings is 1. The quantitative estimate of drug-likeness (QED) is 0.578. The van der Waals surface area contributed by atoms with Crippen molar-refractivity contribution in [3.05, 3.63) is 45.8 Å². The molecule has 0 aromatic heterocycles. The first-order valence-corrected chi connectivity index (χ1v) is 9.28. The zero-order valence-electron chi connectivity index (χ0n) is 14.8. The van der Waals surface area contributed by atoms with E-state index in [-0.39, 0.29) is 5.78 Å². The number of esters is 1. The van der Waals surface area contributed by atoms with Gasteiger partial charge in [0, 0.05) is 19.2 Å². The molecular weight excluding hydrogens is 354 g/mol. The van der Waals surface area contributed by atoms with Gasteiger partial charge in [-0.15, -0.1) is 0 Å². The van der Waals surface area contributed by atoms with Crippen LogP contribution in [0.4, 0.5) is 0 Å². The summed E-state index contributed by atoms with van der Waals surface area (Å²) in [7, 11) is 1.30. The van der Waals surface area contributed by atoms with Crippen LogP contribution in [-0.2, 0) is 19.1 Å². The molecule has 2 aliphatic heterocycles. The highest BCUT2D eigenvalue weighted by atomic mass is 32.2.